The molecule has 1 aromatic heterocycles. The van der Waals surface area contributed by atoms with Crippen molar-refractivity contribution in [2.75, 3.05) is 38.1 Å². The zero-order valence-electron chi connectivity index (χ0n) is 16.0. The zero-order valence-corrected chi connectivity index (χ0v) is 16.9. The minimum atomic E-state index is -1.56. The normalized spacial score (nSPS) is 18.9. The molecular weight excluding hydrogens is 423 g/mol. The SMILES string of the molecule is CN1CC2=C(C1)CN(c1c(F)c(F)c3c(=O)c(C(=O)O)cn(C4CC4)c3c1F)C2.Cl. The molecule has 0 bridgehead atoms. The number of hydrogen-bond donors (Lipinski definition) is 1. The van der Waals surface area contributed by atoms with Gasteiger partial charge in [0.05, 0.1) is 10.9 Å². The van der Waals surface area contributed by atoms with Gasteiger partial charge in [-0.2, -0.15) is 0 Å². The molecule has 0 atom stereocenters. The van der Waals surface area contributed by atoms with Crippen molar-refractivity contribution in [1.29, 1.82) is 0 Å². The zero-order chi connectivity index (χ0) is 20.6. The number of benzene rings is 1. The summed E-state index contributed by atoms with van der Waals surface area (Å²) in [5, 5.41) is 8.44. The van der Waals surface area contributed by atoms with Crippen LogP contribution in [-0.2, 0) is 0 Å². The molecule has 1 N–H and O–H groups in total. The van der Waals surface area contributed by atoms with Gasteiger partial charge in [0.15, 0.2) is 17.5 Å². The third-order valence-electron chi connectivity index (χ3n) is 5.94. The molecule has 0 radical (unpaired) electrons. The van der Waals surface area contributed by atoms with Gasteiger partial charge in [-0.3, -0.25) is 9.69 Å². The molecule has 1 aliphatic carbocycles. The molecule has 30 heavy (non-hydrogen) atoms. The predicted octanol–water partition coefficient (Wildman–Crippen LogP) is 2.94. The number of carbonyl (C=O) groups is 1. The van der Waals surface area contributed by atoms with Gasteiger partial charge in [0.25, 0.3) is 0 Å². The van der Waals surface area contributed by atoms with Crippen molar-refractivity contribution < 1.29 is 23.1 Å². The highest BCUT2D eigenvalue weighted by Crippen LogP contribution is 2.41. The molecule has 3 aliphatic rings. The molecule has 0 spiro atoms. The van der Waals surface area contributed by atoms with Gasteiger partial charge < -0.3 is 14.6 Å². The maximum Gasteiger partial charge on any atom is 0.341 e. The Kier molecular flexibility index (Phi) is 4.85. The topological polar surface area (TPSA) is 65.8 Å². The summed E-state index contributed by atoms with van der Waals surface area (Å²) in [6.45, 7) is 1.97. The molecule has 0 unspecified atom stereocenters. The van der Waals surface area contributed by atoms with Crippen molar-refractivity contribution in [3.8, 4) is 0 Å². The molecule has 1 saturated carbocycles. The fourth-order valence-electron chi connectivity index (χ4n) is 4.48. The van der Waals surface area contributed by atoms with E-state index < -0.39 is 45.5 Å². The maximum atomic E-state index is 15.6. The summed E-state index contributed by atoms with van der Waals surface area (Å²) in [5.41, 5.74) is -0.639. The van der Waals surface area contributed by atoms with Crippen molar-refractivity contribution in [2.45, 2.75) is 18.9 Å². The van der Waals surface area contributed by atoms with Crippen molar-refractivity contribution in [1.82, 2.24) is 9.47 Å². The van der Waals surface area contributed by atoms with Crippen LogP contribution in [0.25, 0.3) is 10.9 Å². The van der Waals surface area contributed by atoms with E-state index >= 15 is 8.78 Å². The first-order chi connectivity index (χ1) is 13.8. The quantitative estimate of drug-likeness (QED) is 0.586. The van der Waals surface area contributed by atoms with Crippen molar-refractivity contribution >= 4 is 35.0 Å². The molecule has 1 fully saturated rings. The number of fused-ring (bicyclic) bond motifs is 1. The van der Waals surface area contributed by atoms with Crippen LogP contribution in [0, 0.1) is 17.5 Å². The Morgan fingerprint density at radius 2 is 1.63 bits per heavy atom. The molecule has 5 rings (SSSR count). The largest absolute Gasteiger partial charge is 0.477 e. The van der Waals surface area contributed by atoms with Gasteiger partial charge in [-0.05, 0) is 31.0 Å². The maximum absolute atomic E-state index is 15.6. The Balaban J connectivity index is 0.00000218. The van der Waals surface area contributed by atoms with E-state index in [9.17, 15) is 19.1 Å². The highest BCUT2D eigenvalue weighted by molar-refractivity contribution is 5.94. The second-order valence-corrected chi connectivity index (χ2v) is 8.07. The molecule has 3 heterocycles. The first-order valence-corrected chi connectivity index (χ1v) is 9.39. The summed E-state index contributed by atoms with van der Waals surface area (Å²) in [5.74, 6) is -5.52. The van der Waals surface area contributed by atoms with Crippen LogP contribution in [0.2, 0.25) is 0 Å². The minimum absolute atomic E-state index is 0. The van der Waals surface area contributed by atoms with Crippen LogP contribution in [0.15, 0.2) is 22.1 Å². The van der Waals surface area contributed by atoms with E-state index in [0.717, 1.165) is 17.3 Å². The number of likely N-dealkylation sites (N-methyl/N-ethyl adjacent to an activating group) is 1. The molecule has 1 aromatic carbocycles. The van der Waals surface area contributed by atoms with Crippen LogP contribution in [-0.4, -0.2) is 53.8 Å². The number of anilines is 1. The van der Waals surface area contributed by atoms with E-state index in [1.165, 1.54) is 9.47 Å². The third-order valence-corrected chi connectivity index (χ3v) is 5.94. The van der Waals surface area contributed by atoms with Crippen LogP contribution >= 0.6 is 12.4 Å². The highest BCUT2D eigenvalue weighted by atomic mass is 35.5. The number of hydrogen-bond acceptors (Lipinski definition) is 4. The Labute approximate surface area is 175 Å². The number of aromatic nitrogens is 1. The molecule has 6 nitrogen and oxygen atoms in total. The van der Waals surface area contributed by atoms with E-state index in [0.29, 0.717) is 39.0 Å². The van der Waals surface area contributed by atoms with E-state index in [4.69, 9.17) is 0 Å². The summed E-state index contributed by atoms with van der Waals surface area (Å²) in [6.07, 6.45) is 2.35. The number of aromatic carboxylic acids is 1. The average molecular weight is 442 g/mol. The lowest BCUT2D eigenvalue weighted by Gasteiger charge is -2.25. The summed E-state index contributed by atoms with van der Waals surface area (Å²) in [7, 11) is 1.95. The number of nitrogens with zero attached hydrogens (tertiary/aromatic N) is 3. The van der Waals surface area contributed by atoms with Gasteiger partial charge in [-0.25, -0.2) is 18.0 Å². The minimum Gasteiger partial charge on any atom is -0.477 e. The van der Waals surface area contributed by atoms with Crippen molar-refractivity contribution in [3.05, 3.63) is 50.6 Å². The van der Waals surface area contributed by atoms with Gasteiger partial charge in [0.2, 0.25) is 5.43 Å². The first-order valence-electron chi connectivity index (χ1n) is 9.39. The van der Waals surface area contributed by atoms with Crippen LogP contribution < -0.4 is 10.3 Å². The molecule has 0 amide bonds. The molecule has 0 saturated heterocycles. The van der Waals surface area contributed by atoms with Crippen LogP contribution in [0.3, 0.4) is 0 Å². The van der Waals surface area contributed by atoms with E-state index in [2.05, 4.69) is 4.90 Å². The predicted molar refractivity (Wildman–Crippen MR) is 107 cm³/mol. The highest BCUT2D eigenvalue weighted by Gasteiger charge is 2.36. The van der Waals surface area contributed by atoms with Crippen LogP contribution in [0.5, 0.6) is 0 Å². The average Bonchev–Trinajstić information content (AvgIpc) is 3.34. The molecule has 2 aliphatic heterocycles. The molecule has 2 aromatic rings. The van der Waals surface area contributed by atoms with Gasteiger partial charge in [-0.1, -0.05) is 0 Å². The summed E-state index contributed by atoms with van der Waals surface area (Å²) >= 11 is 0. The Morgan fingerprint density at radius 3 is 2.17 bits per heavy atom. The number of rotatable bonds is 3. The summed E-state index contributed by atoms with van der Waals surface area (Å²) < 4.78 is 46.9. The Hall–Kier alpha value is -2.52. The number of carboxylic acids is 1. The lowest BCUT2D eigenvalue weighted by atomic mass is 10.1. The fraction of sp³-hybridized carbons (Fsp3) is 0.400. The van der Waals surface area contributed by atoms with Gasteiger partial charge >= 0.3 is 5.97 Å². The fourth-order valence-corrected chi connectivity index (χ4v) is 4.48. The van der Waals surface area contributed by atoms with E-state index in [1.54, 1.807) is 0 Å². The lowest BCUT2D eigenvalue weighted by Crippen LogP contribution is -2.30. The van der Waals surface area contributed by atoms with Gasteiger partial charge in [-0.15, -0.1) is 12.4 Å². The van der Waals surface area contributed by atoms with Crippen LogP contribution in [0.4, 0.5) is 18.9 Å². The second-order valence-electron chi connectivity index (χ2n) is 8.07. The monoisotopic (exact) mass is 441 g/mol. The van der Waals surface area contributed by atoms with Crippen molar-refractivity contribution in [2.24, 2.45) is 0 Å². The molecular formula is C20H19ClF3N3O3. The second kappa shape index (κ2) is 7.02. The number of halogens is 4. The smallest absolute Gasteiger partial charge is 0.341 e. The summed E-state index contributed by atoms with van der Waals surface area (Å²) in [6, 6.07) is -0.237. The van der Waals surface area contributed by atoms with Crippen LogP contribution in [0.1, 0.15) is 29.2 Å². The Bertz CT molecular complexity index is 1170. The van der Waals surface area contributed by atoms with E-state index in [-0.39, 0.29) is 24.0 Å². The summed E-state index contributed by atoms with van der Waals surface area (Å²) in [4.78, 5) is 27.5. The van der Waals surface area contributed by atoms with Gasteiger partial charge in [0, 0.05) is 38.4 Å². The molecule has 160 valence electrons. The lowest BCUT2D eigenvalue weighted by molar-refractivity contribution is 0.0694. The Morgan fingerprint density at radius 1 is 1.03 bits per heavy atom. The van der Waals surface area contributed by atoms with E-state index in [1.807, 2.05) is 7.05 Å². The molecule has 10 heteroatoms. The van der Waals surface area contributed by atoms with Crippen molar-refractivity contribution in [3.63, 3.8) is 0 Å². The standard InChI is InChI=1S/C20H18F3N3O3.ClH/c1-24-4-9-6-25(7-10(9)5-24)18-15(22)14(21)13-17(16(18)23)26(11-2-3-11)8-12(19(13)27)20(28)29;/h8,11H,2-7H2,1H3,(H,28,29);1H. The number of pyridine rings is 1. The first kappa shape index (κ1) is 20.7. The number of carboxylic acid groups (broad SMARTS) is 1. The van der Waals surface area contributed by atoms with Gasteiger partial charge in [0.1, 0.15) is 11.3 Å². The third kappa shape index (κ3) is 2.91.